The highest BCUT2D eigenvalue weighted by atomic mass is 32.2. The van der Waals surface area contributed by atoms with E-state index in [1.165, 1.54) is 0 Å². The normalized spacial score (nSPS) is 11.6. The van der Waals surface area contributed by atoms with E-state index in [0.717, 1.165) is 0 Å². The molecule has 5 heteroatoms. The van der Waals surface area contributed by atoms with Crippen LogP contribution in [0.15, 0.2) is 0 Å². The van der Waals surface area contributed by atoms with Crippen LogP contribution < -0.4 is 10.3 Å². The molecule has 2 N–H and O–H groups in total. The molecule has 0 atom stereocenters. The second-order valence-electron chi connectivity index (χ2n) is 0.515. The molecule has 0 unspecified atom stereocenters. The Morgan fingerprint density at radius 2 is 1.60 bits per heavy atom. The zero-order valence-corrected chi connectivity index (χ0v) is 3.07. The summed E-state index contributed by atoms with van der Waals surface area (Å²) in [6.07, 6.45) is 0. The Morgan fingerprint density at radius 1 is 1.60 bits per heavy atom. The van der Waals surface area contributed by atoms with Crippen molar-refractivity contribution >= 4 is 10.2 Å². The van der Waals surface area contributed by atoms with Gasteiger partial charge in [-0.25, -0.2) is 5.14 Å². The number of rotatable bonds is 0. The van der Waals surface area contributed by atoms with E-state index in [0.29, 0.717) is 0 Å². The van der Waals surface area contributed by atoms with E-state index in [1.807, 2.05) is 0 Å². The van der Waals surface area contributed by atoms with Gasteiger partial charge in [-0.2, -0.15) is 8.42 Å². The Hall–Kier alpha value is -0.130. The van der Waals surface area contributed by atoms with Crippen LogP contribution >= 0.6 is 0 Å². The molecular formula is H2N2O2S. The summed E-state index contributed by atoms with van der Waals surface area (Å²) in [7, 11) is -4.17. The Morgan fingerprint density at radius 3 is 1.60 bits per heavy atom. The Labute approximate surface area is 30.0 Å². The molecule has 0 aliphatic carbocycles. The lowest BCUT2D eigenvalue weighted by Gasteiger charge is -1.66. The van der Waals surface area contributed by atoms with Crippen LogP contribution in [0.5, 0.6) is 0 Å². The van der Waals surface area contributed by atoms with Gasteiger partial charge in [-0.1, -0.05) is 0 Å². The third-order valence-electron chi connectivity index (χ3n) is 0. The quantitative estimate of drug-likeness (QED) is 0.386. The highest BCUT2D eigenvalue weighted by Crippen LogP contribution is 1.47. The van der Waals surface area contributed by atoms with Crippen molar-refractivity contribution in [1.82, 2.24) is 5.14 Å². The van der Waals surface area contributed by atoms with Crippen LogP contribution in [-0.2, 0) is 10.2 Å². The number of hydrogen-bond donors (Lipinski definition) is 1. The largest absolute Gasteiger partial charge is 0.308 e. The molecule has 0 rings (SSSR count). The van der Waals surface area contributed by atoms with Crippen LogP contribution in [0.2, 0.25) is 0 Å². The van der Waals surface area contributed by atoms with Crippen molar-refractivity contribution in [3.8, 4) is 0 Å². The van der Waals surface area contributed by atoms with Crippen LogP contribution in [-0.4, -0.2) is 8.42 Å². The Balaban J connectivity index is 4.06. The van der Waals surface area contributed by atoms with Crippen molar-refractivity contribution in [3.05, 3.63) is 0 Å². The minimum atomic E-state index is -4.17. The molecule has 0 bridgehead atoms. The van der Waals surface area contributed by atoms with Crippen molar-refractivity contribution in [2.45, 2.75) is 0 Å². The summed E-state index contributed by atoms with van der Waals surface area (Å²) in [4.78, 5) is 0. The molecule has 0 aromatic heterocycles. The summed E-state index contributed by atoms with van der Waals surface area (Å²) >= 11 is 0. The number of nitrogens with two attached hydrogens (primary N) is 1. The lowest BCUT2D eigenvalue weighted by atomic mass is 13.9. The first-order valence-electron chi connectivity index (χ1n) is 0.752. The maximum absolute atomic E-state index is 8.97. The van der Waals surface area contributed by atoms with Gasteiger partial charge in [0.1, 0.15) is 0 Å². The molecule has 0 spiro atoms. The molecule has 0 heterocycles. The van der Waals surface area contributed by atoms with Gasteiger partial charge in [0.2, 0.25) is 0 Å². The van der Waals surface area contributed by atoms with Gasteiger partial charge in [0.05, 0.1) is 0 Å². The van der Waals surface area contributed by atoms with Crippen molar-refractivity contribution < 1.29 is 8.42 Å². The molecule has 5 heavy (non-hydrogen) atoms. The second-order valence-corrected chi connectivity index (χ2v) is 1.54. The van der Waals surface area contributed by atoms with E-state index >= 15 is 0 Å². The van der Waals surface area contributed by atoms with Crippen LogP contribution in [0, 0.1) is 0 Å². The van der Waals surface area contributed by atoms with Gasteiger partial charge < -0.3 is 0 Å². The van der Waals surface area contributed by atoms with Crippen LogP contribution in [0.1, 0.15) is 0 Å². The van der Waals surface area contributed by atoms with Crippen molar-refractivity contribution in [2.24, 2.45) is 5.14 Å². The van der Waals surface area contributed by atoms with Gasteiger partial charge in [-0.15, -0.1) is 0 Å². The van der Waals surface area contributed by atoms with Gasteiger partial charge in [0, 0.05) is 5.14 Å². The summed E-state index contributed by atoms with van der Waals surface area (Å²) < 4.78 is 17.9. The number of hydrogen-bond acceptors (Lipinski definition) is 2. The molecule has 0 aromatic carbocycles. The standard InChI is InChI=1S/H2N2O2S/c1-5(2,3)4/h(H2,1,3,4). The minimum Gasteiger partial charge on any atom is -0.213 e. The molecule has 0 amide bonds. The van der Waals surface area contributed by atoms with Gasteiger partial charge in [0.25, 0.3) is 0 Å². The van der Waals surface area contributed by atoms with Gasteiger partial charge in [0.15, 0.2) is 0 Å². The van der Waals surface area contributed by atoms with Crippen molar-refractivity contribution in [1.29, 1.82) is 0 Å². The summed E-state index contributed by atoms with van der Waals surface area (Å²) in [6, 6.07) is 0. The molecule has 0 saturated heterocycles. The third-order valence-corrected chi connectivity index (χ3v) is 0. The third kappa shape index (κ3) is 801. The summed E-state index contributed by atoms with van der Waals surface area (Å²) in [6.45, 7) is 0. The molecule has 30 valence electrons. The van der Waals surface area contributed by atoms with E-state index in [1.54, 1.807) is 0 Å². The minimum absolute atomic E-state index is 3.88. The lowest BCUT2D eigenvalue weighted by molar-refractivity contribution is 0.598. The first-order chi connectivity index (χ1) is 2.00. The molecule has 0 aromatic rings. The van der Waals surface area contributed by atoms with Gasteiger partial charge in [-0.05, 0) is 0 Å². The zero-order valence-electron chi connectivity index (χ0n) is 2.25. The predicted molar refractivity (Wildman–Crippen MR) is 15.2 cm³/mol. The molecular weight excluding hydrogens is 92.1 g/mol. The molecule has 0 saturated carbocycles. The van der Waals surface area contributed by atoms with E-state index in [4.69, 9.17) is 13.6 Å². The van der Waals surface area contributed by atoms with Crippen LogP contribution in [0.3, 0.4) is 0 Å². The molecule has 0 aliphatic rings. The molecule has 0 fully saturated rings. The number of nitrogens with zero attached hydrogens (tertiary/aromatic N) is 1. The second kappa shape index (κ2) is 0.925. The van der Waals surface area contributed by atoms with Gasteiger partial charge in [-0.3, -0.25) is 0 Å². The van der Waals surface area contributed by atoms with E-state index < -0.39 is 10.2 Å². The van der Waals surface area contributed by atoms with Gasteiger partial charge >= 0.3 is 10.2 Å². The molecule has 0 aliphatic heterocycles. The lowest BCUT2D eigenvalue weighted by Crippen LogP contribution is -2.10. The summed E-state index contributed by atoms with van der Waals surface area (Å²) in [5.74, 6) is 0. The highest BCUT2D eigenvalue weighted by Gasteiger charge is 1.84. The average Bonchev–Trinajstić information content (AvgIpc) is 0.722. The van der Waals surface area contributed by atoms with E-state index in [9.17, 15) is 0 Å². The first kappa shape index (κ1) is 4.87. The fourth-order valence-electron chi connectivity index (χ4n) is 0. The fourth-order valence-corrected chi connectivity index (χ4v) is 0. The zero-order chi connectivity index (χ0) is 4.50. The maximum Gasteiger partial charge on any atom is 0.308 e. The Kier molecular flexibility index (Phi) is 0.901. The average molecular weight is 94.1 g/mol. The van der Waals surface area contributed by atoms with Crippen molar-refractivity contribution in [3.63, 3.8) is 0 Å². The first-order valence-corrected chi connectivity index (χ1v) is 2.25. The Bertz CT molecular complexity index is 90.8. The fraction of sp³-hybridized carbons (Fsp3) is 0. The highest BCUT2D eigenvalue weighted by molar-refractivity contribution is 7.86. The van der Waals surface area contributed by atoms with Crippen LogP contribution in [0.4, 0.5) is 0 Å². The molecule has 2 radical (unpaired) electrons. The van der Waals surface area contributed by atoms with Crippen LogP contribution in [0.25, 0.3) is 0 Å². The summed E-state index contributed by atoms with van der Waals surface area (Å²) in [5.41, 5.74) is 0. The topological polar surface area (TPSA) is 82.5 Å². The SMILES string of the molecule is [N]S(N)(=O)=O. The smallest absolute Gasteiger partial charge is 0.213 e. The maximum atomic E-state index is 8.97. The van der Waals surface area contributed by atoms with Crippen molar-refractivity contribution in [2.75, 3.05) is 0 Å². The summed E-state index contributed by atoms with van der Waals surface area (Å²) in [5, 5.41) is 11.2. The monoisotopic (exact) mass is 94.0 g/mol. The predicted octanol–water partition coefficient (Wildman–Crippen LogP) is -1.74. The van der Waals surface area contributed by atoms with E-state index in [2.05, 4.69) is 5.14 Å². The van der Waals surface area contributed by atoms with E-state index in [-0.39, 0.29) is 0 Å². The molecule has 4 nitrogen and oxygen atoms in total.